The Kier molecular flexibility index (Phi) is 3.64. The molecule has 0 amide bonds. The smallest absolute Gasteiger partial charge is 0.126 e. The minimum absolute atomic E-state index is 0.0791. The second kappa shape index (κ2) is 5.08. The number of hydrogen-bond acceptors (Lipinski definition) is 1. The lowest BCUT2D eigenvalue weighted by Gasteiger charge is -2.44. The van der Waals surface area contributed by atoms with Crippen molar-refractivity contribution in [3.63, 3.8) is 0 Å². The third kappa shape index (κ3) is 2.52. The SMILES string of the molecule is CC(Cc1ccccc1F)NC1C2(C)CCC(C2)C1(C)C. The average Bonchev–Trinajstić information content (AvgIpc) is 2.89. The number of rotatable bonds is 4. The zero-order valence-corrected chi connectivity index (χ0v) is 13.7. The Labute approximate surface area is 128 Å². The van der Waals surface area contributed by atoms with Gasteiger partial charge in [0.2, 0.25) is 0 Å². The second-order valence-electron chi connectivity index (χ2n) is 8.21. The lowest BCUT2D eigenvalue weighted by molar-refractivity contribution is 0.100. The molecule has 2 heteroatoms. The highest BCUT2D eigenvalue weighted by Crippen LogP contribution is 2.62. The predicted octanol–water partition coefficient (Wildman–Crippen LogP) is 4.56. The summed E-state index contributed by atoms with van der Waals surface area (Å²) in [6.45, 7) is 9.46. The van der Waals surface area contributed by atoms with Crippen molar-refractivity contribution in [2.24, 2.45) is 16.7 Å². The summed E-state index contributed by atoms with van der Waals surface area (Å²) in [5.41, 5.74) is 1.61. The lowest BCUT2D eigenvalue weighted by Crippen LogP contribution is -2.53. The van der Waals surface area contributed by atoms with Gasteiger partial charge in [-0.05, 0) is 61.0 Å². The Hall–Kier alpha value is -0.890. The maximum absolute atomic E-state index is 13.8. The minimum Gasteiger partial charge on any atom is -0.310 e. The summed E-state index contributed by atoms with van der Waals surface area (Å²) >= 11 is 0. The molecule has 2 bridgehead atoms. The van der Waals surface area contributed by atoms with Crippen molar-refractivity contribution < 1.29 is 4.39 Å². The molecule has 1 aromatic carbocycles. The first-order valence-corrected chi connectivity index (χ1v) is 8.32. The van der Waals surface area contributed by atoms with E-state index < -0.39 is 0 Å². The predicted molar refractivity (Wildman–Crippen MR) is 85.7 cm³/mol. The fourth-order valence-electron chi connectivity index (χ4n) is 5.06. The molecule has 116 valence electrons. The van der Waals surface area contributed by atoms with Crippen LogP contribution in [0.15, 0.2) is 24.3 Å². The van der Waals surface area contributed by atoms with Crippen LogP contribution in [0.4, 0.5) is 4.39 Å². The van der Waals surface area contributed by atoms with Crippen molar-refractivity contribution in [1.29, 1.82) is 0 Å². The van der Waals surface area contributed by atoms with Gasteiger partial charge in [0.15, 0.2) is 0 Å². The van der Waals surface area contributed by atoms with Gasteiger partial charge in [-0.25, -0.2) is 4.39 Å². The Morgan fingerprint density at radius 3 is 2.62 bits per heavy atom. The molecule has 0 aromatic heterocycles. The number of nitrogens with one attached hydrogen (secondary N) is 1. The van der Waals surface area contributed by atoms with Crippen LogP contribution in [0, 0.1) is 22.6 Å². The van der Waals surface area contributed by atoms with E-state index in [2.05, 4.69) is 33.0 Å². The zero-order chi connectivity index (χ0) is 15.3. The van der Waals surface area contributed by atoms with Gasteiger partial charge in [0, 0.05) is 12.1 Å². The molecular formula is C19H28FN. The molecule has 21 heavy (non-hydrogen) atoms. The van der Waals surface area contributed by atoms with Gasteiger partial charge in [0.05, 0.1) is 0 Å². The molecule has 2 aliphatic carbocycles. The molecule has 0 saturated heterocycles. The van der Waals surface area contributed by atoms with Crippen LogP contribution in [-0.2, 0) is 6.42 Å². The summed E-state index contributed by atoms with van der Waals surface area (Å²) in [7, 11) is 0. The normalized spacial score (nSPS) is 35.1. The average molecular weight is 289 g/mol. The van der Waals surface area contributed by atoms with Crippen LogP contribution < -0.4 is 5.32 Å². The Balaban J connectivity index is 1.70. The largest absolute Gasteiger partial charge is 0.310 e. The molecule has 2 fully saturated rings. The van der Waals surface area contributed by atoms with E-state index >= 15 is 0 Å². The number of fused-ring (bicyclic) bond motifs is 2. The van der Waals surface area contributed by atoms with Crippen LogP contribution in [0.25, 0.3) is 0 Å². The van der Waals surface area contributed by atoms with Crippen LogP contribution in [-0.4, -0.2) is 12.1 Å². The van der Waals surface area contributed by atoms with E-state index in [4.69, 9.17) is 0 Å². The van der Waals surface area contributed by atoms with Gasteiger partial charge in [-0.2, -0.15) is 0 Å². The fraction of sp³-hybridized carbons (Fsp3) is 0.684. The maximum Gasteiger partial charge on any atom is 0.126 e. The van der Waals surface area contributed by atoms with Crippen molar-refractivity contribution in [3.05, 3.63) is 35.6 Å². The van der Waals surface area contributed by atoms with Crippen LogP contribution in [0.5, 0.6) is 0 Å². The standard InChI is InChI=1S/C19H28FN/c1-13(11-14-7-5-6-8-16(14)20)21-17-18(2,3)15-9-10-19(17,4)12-15/h5-8,13,15,17,21H,9-12H2,1-4H3. The van der Waals surface area contributed by atoms with E-state index in [9.17, 15) is 4.39 Å². The Morgan fingerprint density at radius 2 is 2.00 bits per heavy atom. The van der Waals surface area contributed by atoms with Crippen LogP contribution in [0.1, 0.15) is 52.5 Å². The minimum atomic E-state index is -0.0791. The summed E-state index contributed by atoms with van der Waals surface area (Å²) in [6, 6.07) is 8.00. The zero-order valence-electron chi connectivity index (χ0n) is 13.7. The van der Waals surface area contributed by atoms with E-state index in [1.165, 1.54) is 19.3 Å². The highest BCUT2D eigenvalue weighted by Gasteiger charge is 2.59. The highest BCUT2D eigenvalue weighted by molar-refractivity contribution is 5.19. The first kappa shape index (κ1) is 15.0. The van der Waals surface area contributed by atoms with Gasteiger partial charge in [-0.1, -0.05) is 39.0 Å². The summed E-state index contributed by atoms with van der Waals surface area (Å²) < 4.78 is 13.8. The van der Waals surface area contributed by atoms with E-state index in [1.54, 1.807) is 12.1 Å². The van der Waals surface area contributed by atoms with Crippen molar-refractivity contribution in [2.45, 2.75) is 65.5 Å². The molecule has 1 N–H and O–H groups in total. The van der Waals surface area contributed by atoms with Gasteiger partial charge < -0.3 is 5.32 Å². The first-order chi connectivity index (χ1) is 9.83. The molecular weight excluding hydrogens is 261 g/mol. The van der Waals surface area contributed by atoms with E-state index in [-0.39, 0.29) is 5.82 Å². The molecule has 1 nitrogen and oxygen atoms in total. The second-order valence-corrected chi connectivity index (χ2v) is 8.21. The molecule has 1 aromatic rings. The number of benzene rings is 1. The molecule has 0 aliphatic heterocycles. The lowest BCUT2D eigenvalue weighted by atomic mass is 9.68. The van der Waals surface area contributed by atoms with E-state index in [1.807, 2.05) is 12.1 Å². The summed E-state index contributed by atoms with van der Waals surface area (Å²) in [6.07, 6.45) is 4.83. The van der Waals surface area contributed by atoms with Crippen LogP contribution in [0.3, 0.4) is 0 Å². The molecule has 2 saturated carbocycles. The summed E-state index contributed by atoms with van der Waals surface area (Å²) in [5, 5.41) is 3.85. The summed E-state index contributed by atoms with van der Waals surface area (Å²) in [5.74, 6) is 0.769. The van der Waals surface area contributed by atoms with Gasteiger partial charge in [-0.15, -0.1) is 0 Å². The van der Waals surface area contributed by atoms with Crippen molar-refractivity contribution in [2.75, 3.05) is 0 Å². The molecule has 2 aliphatic rings. The first-order valence-electron chi connectivity index (χ1n) is 8.32. The molecule has 0 spiro atoms. The summed E-state index contributed by atoms with van der Waals surface area (Å²) in [4.78, 5) is 0. The number of hydrogen-bond donors (Lipinski definition) is 1. The third-order valence-electron chi connectivity index (χ3n) is 6.20. The molecule has 4 unspecified atom stereocenters. The van der Waals surface area contributed by atoms with Crippen molar-refractivity contribution >= 4 is 0 Å². The fourth-order valence-corrected chi connectivity index (χ4v) is 5.06. The maximum atomic E-state index is 13.8. The molecule has 0 heterocycles. The van der Waals surface area contributed by atoms with E-state index in [0.717, 1.165) is 17.9 Å². The highest BCUT2D eigenvalue weighted by atomic mass is 19.1. The van der Waals surface area contributed by atoms with Crippen LogP contribution in [0.2, 0.25) is 0 Å². The molecule has 4 atom stereocenters. The molecule has 3 rings (SSSR count). The van der Waals surface area contributed by atoms with Crippen molar-refractivity contribution in [1.82, 2.24) is 5.32 Å². The van der Waals surface area contributed by atoms with Gasteiger partial charge in [-0.3, -0.25) is 0 Å². The van der Waals surface area contributed by atoms with Gasteiger partial charge in [0.25, 0.3) is 0 Å². The number of halogens is 1. The van der Waals surface area contributed by atoms with Gasteiger partial charge >= 0.3 is 0 Å². The monoisotopic (exact) mass is 289 g/mol. The van der Waals surface area contributed by atoms with Crippen molar-refractivity contribution in [3.8, 4) is 0 Å². The quantitative estimate of drug-likeness (QED) is 0.856. The topological polar surface area (TPSA) is 12.0 Å². The van der Waals surface area contributed by atoms with Gasteiger partial charge in [0.1, 0.15) is 5.82 Å². The van der Waals surface area contributed by atoms with E-state index in [0.29, 0.717) is 22.9 Å². The Morgan fingerprint density at radius 1 is 1.29 bits per heavy atom. The molecule has 0 radical (unpaired) electrons. The third-order valence-corrected chi connectivity index (χ3v) is 6.20. The Bertz CT molecular complexity index is 519. The van der Waals surface area contributed by atoms with Crippen LogP contribution >= 0.6 is 0 Å².